The van der Waals surface area contributed by atoms with Gasteiger partial charge in [0.05, 0.1) is 35.7 Å². The van der Waals surface area contributed by atoms with Crippen molar-refractivity contribution in [3.05, 3.63) is 59.1 Å². The normalized spacial score (nSPS) is 20.1. The SMILES string of the molecule is Cc1nc(N2CCC3(CC2)CO[C@@H](C)[C@H]3N)c(CO)nc1Sc1ccn2cc(-c3ccc(OCC(=O)N4CCNCC4)cc3)nc2c1Cl.Cl.Cl. The summed E-state index contributed by atoms with van der Waals surface area (Å²) in [4.78, 5) is 31.9. The summed E-state index contributed by atoms with van der Waals surface area (Å²) in [6, 6.07) is 9.50. The predicted octanol–water partition coefficient (Wildman–Crippen LogP) is 4.38. The van der Waals surface area contributed by atoms with E-state index in [9.17, 15) is 9.90 Å². The molecule has 0 radical (unpaired) electrons. The first kappa shape index (κ1) is 38.4. The fraction of sp³-hybridized carbons (Fsp3) is 0.471. The lowest BCUT2D eigenvalue weighted by Gasteiger charge is -2.42. The average molecular weight is 766 g/mol. The van der Waals surface area contributed by atoms with Gasteiger partial charge in [-0.15, -0.1) is 24.8 Å². The third kappa shape index (κ3) is 7.65. The number of hydrogen-bond acceptors (Lipinski definition) is 11. The molecule has 0 bridgehead atoms. The van der Waals surface area contributed by atoms with Crippen molar-refractivity contribution in [3.8, 4) is 17.0 Å². The Hall–Kier alpha value is -2.88. The summed E-state index contributed by atoms with van der Waals surface area (Å²) in [6.07, 6.45) is 5.75. The maximum atomic E-state index is 12.4. The number of nitrogens with one attached hydrogen (secondary N) is 1. The van der Waals surface area contributed by atoms with Crippen LogP contribution in [0.25, 0.3) is 16.9 Å². The molecule has 3 aliphatic heterocycles. The van der Waals surface area contributed by atoms with Crippen molar-refractivity contribution in [1.82, 2.24) is 29.6 Å². The summed E-state index contributed by atoms with van der Waals surface area (Å²) in [5, 5.41) is 14.7. The van der Waals surface area contributed by atoms with Gasteiger partial charge in [-0.25, -0.2) is 15.0 Å². The minimum Gasteiger partial charge on any atom is -0.484 e. The van der Waals surface area contributed by atoms with E-state index in [1.807, 2.05) is 65.9 Å². The second-order valence-electron chi connectivity index (χ2n) is 12.8. The number of aromatic nitrogens is 4. The Morgan fingerprint density at radius 1 is 1.12 bits per heavy atom. The van der Waals surface area contributed by atoms with Crippen LogP contribution in [0, 0.1) is 12.3 Å². The number of anilines is 1. The predicted molar refractivity (Wildman–Crippen MR) is 199 cm³/mol. The minimum absolute atomic E-state index is 0. The van der Waals surface area contributed by atoms with Crippen LogP contribution in [0.5, 0.6) is 5.75 Å². The largest absolute Gasteiger partial charge is 0.484 e. The van der Waals surface area contributed by atoms with Crippen molar-refractivity contribution >= 4 is 65.5 Å². The number of piperazine rings is 1. The highest BCUT2D eigenvalue weighted by Crippen LogP contribution is 2.43. The molecule has 3 aliphatic rings. The molecule has 6 heterocycles. The number of pyridine rings is 1. The van der Waals surface area contributed by atoms with Gasteiger partial charge in [-0.2, -0.15) is 0 Å². The van der Waals surface area contributed by atoms with Gasteiger partial charge in [0.2, 0.25) is 0 Å². The van der Waals surface area contributed by atoms with Gasteiger partial charge in [0.1, 0.15) is 16.5 Å². The van der Waals surface area contributed by atoms with E-state index in [1.165, 1.54) is 11.8 Å². The highest BCUT2D eigenvalue weighted by atomic mass is 35.5. The van der Waals surface area contributed by atoms with Crippen molar-refractivity contribution in [2.75, 3.05) is 57.4 Å². The van der Waals surface area contributed by atoms with Crippen LogP contribution in [-0.4, -0.2) is 99.9 Å². The Balaban J connectivity index is 0.00000243. The van der Waals surface area contributed by atoms with E-state index in [-0.39, 0.29) is 61.5 Å². The van der Waals surface area contributed by atoms with E-state index in [0.717, 1.165) is 66.7 Å². The number of nitrogens with zero attached hydrogens (tertiary/aromatic N) is 6. The molecule has 3 aromatic heterocycles. The maximum absolute atomic E-state index is 12.4. The molecule has 7 rings (SSSR count). The minimum atomic E-state index is -0.218. The lowest BCUT2D eigenvalue weighted by Crippen LogP contribution is -2.51. The maximum Gasteiger partial charge on any atom is 0.260 e. The Bertz CT molecular complexity index is 1800. The topological polar surface area (TPSA) is 143 Å². The first-order valence-electron chi connectivity index (χ1n) is 16.4. The molecule has 50 heavy (non-hydrogen) atoms. The molecule has 1 aromatic carbocycles. The average Bonchev–Trinajstić information content (AvgIpc) is 3.68. The number of piperidine rings is 1. The summed E-state index contributed by atoms with van der Waals surface area (Å²) in [6.45, 7) is 9.06. The smallest absolute Gasteiger partial charge is 0.260 e. The van der Waals surface area contributed by atoms with E-state index in [0.29, 0.717) is 46.8 Å². The molecule has 4 aromatic rings. The number of rotatable bonds is 8. The third-order valence-electron chi connectivity index (χ3n) is 9.85. The number of carbonyl (C=O) groups is 1. The fourth-order valence-electron chi connectivity index (χ4n) is 6.81. The highest BCUT2D eigenvalue weighted by molar-refractivity contribution is 7.99. The molecule has 16 heteroatoms. The summed E-state index contributed by atoms with van der Waals surface area (Å²) < 4.78 is 13.5. The summed E-state index contributed by atoms with van der Waals surface area (Å²) in [5.41, 5.74) is 10.1. The van der Waals surface area contributed by atoms with Crippen LogP contribution in [-0.2, 0) is 16.1 Å². The summed E-state index contributed by atoms with van der Waals surface area (Å²) >= 11 is 8.33. The Morgan fingerprint density at radius 3 is 2.50 bits per heavy atom. The molecule has 0 aliphatic carbocycles. The molecule has 1 spiro atoms. The second kappa shape index (κ2) is 16.2. The molecular formula is C34H43Cl3N8O4S. The molecule has 12 nitrogen and oxygen atoms in total. The van der Waals surface area contributed by atoms with E-state index >= 15 is 0 Å². The monoisotopic (exact) mass is 764 g/mol. The van der Waals surface area contributed by atoms with Gasteiger partial charge in [-0.05, 0) is 57.0 Å². The van der Waals surface area contributed by atoms with Crippen molar-refractivity contribution in [1.29, 1.82) is 0 Å². The molecule has 3 saturated heterocycles. The van der Waals surface area contributed by atoms with Crippen molar-refractivity contribution in [2.24, 2.45) is 11.1 Å². The van der Waals surface area contributed by atoms with E-state index in [2.05, 4.69) is 10.2 Å². The van der Waals surface area contributed by atoms with Crippen molar-refractivity contribution in [3.63, 3.8) is 0 Å². The number of aliphatic hydroxyl groups excluding tert-OH is 1. The number of hydrogen-bond donors (Lipinski definition) is 3. The van der Waals surface area contributed by atoms with E-state index < -0.39 is 0 Å². The van der Waals surface area contributed by atoms with Crippen LogP contribution in [0.4, 0.5) is 5.82 Å². The molecule has 0 saturated carbocycles. The Morgan fingerprint density at radius 2 is 1.84 bits per heavy atom. The zero-order valence-electron chi connectivity index (χ0n) is 28.0. The number of aliphatic hydroxyl groups is 1. The number of imidazole rings is 1. The van der Waals surface area contributed by atoms with Gasteiger partial charge in [-0.3, -0.25) is 4.79 Å². The van der Waals surface area contributed by atoms with Crippen LogP contribution in [0.3, 0.4) is 0 Å². The van der Waals surface area contributed by atoms with Gasteiger partial charge in [0.15, 0.2) is 18.1 Å². The molecule has 270 valence electrons. The first-order valence-corrected chi connectivity index (χ1v) is 17.6. The van der Waals surface area contributed by atoms with Crippen LogP contribution >= 0.6 is 48.2 Å². The molecule has 1 amide bonds. The van der Waals surface area contributed by atoms with Crippen LogP contribution in [0.15, 0.2) is 52.6 Å². The number of aryl methyl sites for hydroxylation is 1. The lowest BCUT2D eigenvalue weighted by molar-refractivity contribution is -0.133. The quantitative estimate of drug-likeness (QED) is 0.235. The van der Waals surface area contributed by atoms with Gasteiger partial charge in [-0.1, -0.05) is 23.4 Å². The molecule has 0 unspecified atom stereocenters. The summed E-state index contributed by atoms with van der Waals surface area (Å²) in [7, 11) is 0. The lowest BCUT2D eigenvalue weighted by atomic mass is 9.73. The standard InChI is InChI=1S/C34H41ClN8O4S.2ClH/c1-21-33(40-26(18-44)31(38-21)42-13-8-34(9-14-42)20-47-22(2)30(34)36)48-27-7-12-43-17-25(39-32(43)29(27)35)23-3-5-24(6-4-23)46-19-28(45)41-15-10-37-11-16-41;;/h3-7,12,17,22,30,37,44H,8-11,13-16,18-20,36H2,1-2H3;2*1H/t22-,30+;;/m0../s1. The van der Waals surface area contributed by atoms with Gasteiger partial charge in [0, 0.05) is 73.6 Å². The number of carbonyl (C=O) groups excluding carboxylic acids is 1. The third-order valence-corrected chi connectivity index (χ3v) is 11.5. The number of halogens is 3. The van der Waals surface area contributed by atoms with Crippen molar-refractivity contribution < 1.29 is 19.4 Å². The fourth-order valence-corrected chi connectivity index (χ4v) is 8.00. The van der Waals surface area contributed by atoms with E-state index in [1.54, 1.807) is 0 Å². The van der Waals surface area contributed by atoms with Gasteiger partial charge >= 0.3 is 0 Å². The number of ether oxygens (including phenoxy) is 2. The van der Waals surface area contributed by atoms with E-state index in [4.69, 9.17) is 41.8 Å². The molecular weight excluding hydrogens is 723 g/mol. The number of fused-ring (bicyclic) bond motifs is 1. The van der Waals surface area contributed by atoms with Crippen molar-refractivity contribution in [2.45, 2.75) is 55.4 Å². The first-order chi connectivity index (χ1) is 23.2. The zero-order valence-corrected chi connectivity index (χ0v) is 31.2. The second-order valence-corrected chi connectivity index (χ2v) is 14.2. The Labute approximate surface area is 313 Å². The van der Waals surface area contributed by atoms with Gasteiger partial charge < -0.3 is 39.8 Å². The summed E-state index contributed by atoms with van der Waals surface area (Å²) in [5.74, 6) is 1.33. The number of benzene rings is 1. The Kier molecular flexibility index (Phi) is 12.4. The van der Waals surface area contributed by atoms with Crippen LogP contribution in [0.1, 0.15) is 31.2 Å². The van der Waals surface area contributed by atoms with Gasteiger partial charge in [0.25, 0.3) is 5.91 Å². The number of amides is 1. The van der Waals surface area contributed by atoms with Crippen LogP contribution in [0.2, 0.25) is 5.02 Å². The zero-order chi connectivity index (χ0) is 33.4. The van der Waals surface area contributed by atoms with Crippen LogP contribution < -0.4 is 20.7 Å². The molecule has 2 atom stereocenters. The number of nitrogens with two attached hydrogens (primary N) is 1. The molecule has 3 fully saturated rings. The highest BCUT2D eigenvalue weighted by Gasteiger charge is 2.47. The molecule has 4 N–H and O–H groups in total.